The maximum absolute atomic E-state index is 12.6. The molecule has 0 bridgehead atoms. The Labute approximate surface area is 123 Å². The fourth-order valence-electron chi connectivity index (χ4n) is 2.64. The zero-order chi connectivity index (χ0) is 14.3. The first-order valence-corrected chi connectivity index (χ1v) is 7.85. The number of nitrogen functional groups attached to an aromatic ring is 1. The van der Waals surface area contributed by atoms with E-state index in [0.717, 1.165) is 46.6 Å². The van der Waals surface area contributed by atoms with E-state index in [1.54, 1.807) is 11.3 Å². The van der Waals surface area contributed by atoms with Crippen LogP contribution >= 0.6 is 11.3 Å². The molecule has 0 atom stereocenters. The highest BCUT2D eigenvalue weighted by atomic mass is 32.1. The van der Waals surface area contributed by atoms with Crippen molar-refractivity contribution in [3.63, 3.8) is 0 Å². The predicted molar refractivity (Wildman–Crippen MR) is 85.2 cm³/mol. The van der Waals surface area contributed by atoms with Gasteiger partial charge in [0.05, 0.1) is 4.88 Å². The second kappa shape index (κ2) is 4.77. The highest BCUT2D eigenvalue weighted by Crippen LogP contribution is 2.32. The number of rotatable bonds is 1. The number of hydrogen-bond acceptors (Lipinski definition) is 3. The van der Waals surface area contributed by atoms with Crippen LogP contribution in [0.3, 0.4) is 0 Å². The molecule has 0 saturated carbocycles. The molecule has 20 heavy (non-hydrogen) atoms. The lowest BCUT2D eigenvalue weighted by Gasteiger charge is -2.36. The number of hydrogen-bond donors (Lipinski definition) is 1. The Bertz CT molecular complexity index is 650. The molecule has 1 aromatic carbocycles. The first kappa shape index (κ1) is 13.4. The van der Waals surface area contributed by atoms with Crippen molar-refractivity contribution in [2.75, 3.05) is 18.8 Å². The highest BCUT2D eigenvalue weighted by molar-refractivity contribution is 7.20. The molecule has 1 aliphatic rings. The molecule has 3 rings (SSSR count). The number of piperidine rings is 1. The van der Waals surface area contributed by atoms with Crippen molar-refractivity contribution >= 4 is 33.0 Å². The van der Waals surface area contributed by atoms with Crippen LogP contribution < -0.4 is 5.73 Å². The van der Waals surface area contributed by atoms with E-state index in [1.807, 2.05) is 29.2 Å². The molecule has 2 N–H and O–H groups in total. The summed E-state index contributed by atoms with van der Waals surface area (Å²) in [6.45, 7) is 6.28. The van der Waals surface area contributed by atoms with Gasteiger partial charge in [-0.25, -0.2) is 0 Å². The average molecular weight is 288 g/mol. The maximum Gasteiger partial charge on any atom is 0.263 e. The van der Waals surface area contributed by atoms with Crippen LogP contribution in [0.15, 0.2) is 24.3 Å². The number of amides is 1. The van der Waals surface area contributed by atoms with Crippen molar-refractivity contribution < 1.29 is 4.79 Å². The number of fused-ring (bicyclic) bond motifs is 1. The molecule has 1 amide bonds. The minimum atomic E-state index is 0.167. The molecule has 1 aromatic heterocycles. The van der Waals surface area contributed by atoms with E-state index in [4.69, 9.17) is 5.73 Å². The van der Waals surface area contributed by atoms with Crippen molar-refractivity contribution in [1.82, 2.24) is 4.90 Å². The van der Waals surface area contributed by atoms with E-state index in [-0.39, 0.29) is 5.91 Å². The fourth-order valence-corrected chi connectivity index (χ4v) is 3.65. The summed E-state index contributed by atoms with van der Waals surface area (Å²) in [6.07, 6.45) is 2.16. The SMILES string of the molecule is CC1(C)CCN(C(=O)c2cc3cc(N)ccc3s2)CC1. The van der Waals surface area contributed by atoms with Crippen LogP contribution in [0.5, 0.6) is 0 Å². The quantitative estimate of drug-likeness (QED) is 0.812. The Morgan fingerprint density at radius 2 is 1.95 bits per heavy atom. The van der Waals surface area contributed by atoms with Gasteiger partial charge in [-0.15, -0.1) is 11.3 Å². The number of anilines is 1. The lowest BCUT2D eigenvalue weighted by molar-refractivity contribution is 0.0635. The second-order valence-corrected chi connectivity index (χ2v) is 7.45. The summed E-state index contributed by atoms with van der Waals surface area (Å²) in [6, 6.07) is 7.78. The number of benzene rings is 1. The molecular formula is C16H20N2OS. The van der Waals surface area contributed by atoms with Crippen LogP contribution in [-0.2, 0) is 0 Å². The highest BCUT2D eigenvalue weighted by Gasteiger charge is 2.28. The zero-order valence-corrected chi connectivity index (χ0v) is 12.8. The molecular weight excluding hydrogens is 268 g/mol. The van der Waals surface area contributed by atoms with Crippen LogP contribution in [0.2, 0.25) is 0 Å². The third-order valence-electron chi connectivity index (χ3n) is 4.16. The summed E-state index contributed by atoms with van der Waals surface area (Å²) in [5.41, 5.74) is 6.90. The molecule has 2 heterocycles. The third-order valence-corrected chi connectivity index (χ3v) is 5.26. The van der Waals surface area contributed by atoms with Gasteiger partial charge in [-0.2, -0.15) is 0 Å². The molecule has 0 spiro atoms. The molecule has 4 heteroatoms. The molecule has 0 unspecified atom stereocenters. The predicted octanol–water partition coefficient (Wildman–Crippen LogP) is 3.75. The average Bonchev–Trinajstić information content (AvgIpc) is 2.80. The van der Waals surface area contributed by atoms with Crippen LogP contribution in [0, 0.1) is 5.41 Å². The van der Waals surface area contributed by atoms with Crippen molar-refractivity contribution in [1.29, 1.82) is 0 Å². The van der Waals surface area contributed by atoms with Crippen LogP contribution in [0.25, 0.3) is 10.1 Å². The Morgan fingerprint density at radius 3 is 2.65 bits per heavy atom. The van der Waals surface area contributed by atoms with E-state index in [9.17, 15) is 4.79 Å². The van der Waals surface area contributed by atoms with Crippen LogP contribution in [0.4, 0.5) is 5.69 Å². The number of carbonyl (C=O) groups excluding carboxylic acids is 1. The van der Waals surface area contributed by atoms with E-state index < -0.39 is 0 Å². The van der Waals surface area contributed by atoms with Crippen molar-refractivity contribution in [3.05, 3.63) is 29.1 Å². The number of nitrogens with zero attached hydrogens (tertiary/aromatic N) is 1. The minimum Gasteiger partial charge on any atom is -0.399 e. The zero-order valence-electron chi connectivity index (χ0n) is 12.0. The number of nitrogens with two attached hydrogens (primary N) is 1. The molecule has 0 aliphatic carbocycles. The van der Waals surface area contributed by atoms with Crippen molar-refractivity contribution in [2.45, 2.75) is 26.7 Å². The largest absolute Gasteiger partial charge is 0.399 e. The number of carbonyl (C=O) groups is 1. The van der Waals surface area contributed by atoms with E-state index in [0.29, 0.717) is 5.41 Å². The molecule has 1 saturated heterocycles. The topological polar surface area (TPSA) is 46.3 Å². The third kappa shape index (κ3) is 2.52. The van der Waals surface area contributed by atoms with Gasteiger partial charge in [0.25, 0.3) is 5.91 Å². The molecule has 2 aromatic rings. The fraction of sp³-hybridized carbons (Fsp3) is 0.438. The lowest BCUT2D eigenvalue weighted by atomic mass is 9.82. The van der Waals surface area contributed by atoms with Gasteiger partial charge in [0, 0.05) is 23.5 Å². The Kier molecular flexibility index (Phi) is 3.21. The van der Waals surface area contributed by atoms with Crippen LogP contribution in [0.1, 0.15) is 36.4 Å². The second-order valence-electron chi connectivity index (χ2n) is 6.36. The first-order chi connectivity index (χ1) is 9.44. The Hall–Kier alpha value is -1.55. The number of likely N-dealkylation sites (tertiary alicyclic amines) is 1. The van der Waals surface area contributed by atoms with Crippen molar-refractivity contribution in [3.8, 4) is 0 Å². The summed E-state index contributed by atoms with van der Waals surface area (Å²) >= 11 is 1.56. The summed E-state index contributed by atoms with van der Waals surface area (Å²) < 4.78 is 1.12. The summed E-state index contributed by atoms with van der Waals surface area (Å²) in [5.74, 6) is 0.167. The molecule has 1 fully saturated rings. The Morgan fingerprint density at radius 1 is 1.25 bits per heavy atom. The summed E-state index contributed by atoms with van der Waals surface area (Å²) in [4.78, 5) is 15.4. The smallest absolute Gasteiger partial charge is 0.263 e. The van der Waals surface area contributed by atoms with Gasteiger partial charge in [-0.3, -0.25) is 4.79 Å². The maximum atomic E-state index is 12.6. The molecule has 0 radical (unpaired) electrons. The van der Waals surface area contributed by atoms with Gasteiger partial charge in [0.2, 0.25) is 0 Å². The van der Waals surface area contributed by atoms with Gasteiger partial charge >= 0.3 is 0 Å². The summed E-state index contributed by atoms with van der Waals surface area (Å²) in [5, 5.41) is 1.07. The summed E-state index contributed by atoms with van der Waals surface area (Å²) in [7, 11) is 0. The standard InChI is InChI=1S/C16H20N2OS/c1-16(2)5-7-18(8-6-16)15(19)14-10-11-9-12(17)3-4-13(11)20-14/h3-4,9-10H,5-8,17H2,1-2H3. The van der Waals surface area contributed by atoms with E-state index in [2.05, 4.69) is 13.8 Å². The Balaban J connectivity index is 1.82. The van der Waals surface area contributed by atoms with Gasteiger partial charge in [-0.05, 0) is 47.9 Å². The van der Waals surface area contributed by atoms with Gasteiger partial charge in [0.15, 0.2) is 0 Å². The monoisotopic (exact) mass is 288 g/mol. The van der Waals surface area contributed by atoms with E-state index in [1.165, 1.54) is 0 Å². The number of thiophene rings is 1. The first-order valence-electron chi connectivity index (χ1n) is 7.03. The van der Waals surface area contributed by atoms with E-state index >= 15 is 0 Å². The molecule has 106 valence electrons. The minimum absolute atomic E-state index is 0.167. The van der Waals surface area contributed by atoms with Gasteiger partial charge < -0.3 is 10.6 Å². The van der Waals surface area contributed by atoms with Gasteiger partial charge in [-0.1, -0.05) is 13.8 Å². The van der Waals surface area contributed by atoms with Gasteiger partial charge in [0.1, 0.15) is 0 Å². The molecule has 3 nitrogen and oxygen atoms in total. The normalized spacial score (nSPS) is 18.4. The van der Waals surface area contributed by atoms with Crippen molar-refractivity contribution in [2.24, 2.45) is 5.41 Å². The lowest BCUT2D eigenvalue weighted by Crippen LogP contribution is -2.40. The van der Waals surface area contributed by atoms with Crippen LogP contribution in [-0.4, -0.2) is 23.9 Å². The molecule has 1 aliphatic heterocycles.